The van der Waals surface area contributed by atoms with Gasteiger partial charge in [-0.1, -0.05) is 24.3 Å². The summed E-state index contributed by atoms with van der Waals surface area (Å²) in [6, 6.07) is 21.6. The number of fused-ring (bicyclic) bond motifs is 1. The third-order valence-electron chi connectivity index (χ3n) is 8.13. The summed E-state index contributed by atoms with van der Waals surface area (Å²) in [6.45, 7) is 10.1. The molecule has 5 N–H and O–H groups in total. The van der Waals surface area contributed by atoms with Crippen molar-refractivity contribution in [1.82, 2.24) is 10.3 Å². The van der Waals surface area contributed by atoms with Crippen molar-refractivity contribution in [3.63, 3.8) is 0 Å². The van der Waals surface area contributed by atoms with Gasteiger partial charge in [-0.3, -0.25) is 4.79 Å². The van der Waals surface area contributed by atoms with Crippen LogP contribution in [0.2, 0.25) is 0 Å². The third-order valence-corrected chi connectivity index (χ3v) is 8.13. The second kappa shape index (κ2) is 17.0. The number of para-hydroxylation sites is 1. The molecule has 268 valence electrons. The number of piperidine rings is 1. The van der Waals surface area contributed by atoms with Crippen molar-refractivity contribution in [3.8, 4) is 11.5 Å². The summed E-state index contributed by atoms with van der Waals surface area (Å²) >= 11 is 0. The van der Waals surface area contributed by atoms with E-state index in [1.54, 1.807) is 6.20 Å². The summed E-state index contributed by atoms with van der Waals surface area (Å²) in [5.74, 6) is -1.17. The zero-order valence-corrected chi connectivity index (χ0v) is 28.6. The molecule has 0 spiro atoms. The van der Waals surface area contributed by atoms with Crippen LogP contribution in [-0.4, -0.2) is 53.4 Å². The van der Waals surface area contributed by atoms with E-state index < -0.39 is 18.2 Å². The maximum absolute atomic E-state index is 14.0. The standard InChI is InChI=1S/C35H43N5O3.C2HF3O2/c1-5-42-32-21-26(13-16-31(32)43-23(2)3)33(39-28-14-15-29-25(20-28)17-18-37-34(29)36)35(41)38-22-27-11-6-7-12-30(27)40-19-9-8-10-24(40)4;3-2(4,5)1(6)7/h6-7,11-18,20-21,23-24,33,39H,5,8-10,19,22H2,1-4H3,(H2,36,37)(H,38,41);(H,6,7). The first-order chi connectivity index (χ1) is 23.8. The highest BCUT2D eigenvalue weighted by Crippen LogP contribution is 2.34. The number of benzene rings is 3. The molecule has 10 nitrogen and oxygen atoms in total. The lowest BCUT2D eigenvalue weighted by atomic mass is 10.0. The van der Waals surface area contributed by atoms with Crippen LogP contribution >= 0.6 is 0 Å². The van der Waals surface area contributed by atoms with E-state index in [9.17, 15) is 18.0 Å². The van der Waals surface area contributed by atoms with Gasteiger partial charge in [0.05, 0.1) is 12.7 Å². The number of pyridine rings is 1. The van der Waals surface area contributed by atoms with Crippen LogP contribution < -0.4 is 30.7 Å². The van der Waals surface area contributed by atoms with Crippen molar-refractivity contribution in [1.29, 1.82) is 0 Å². The van der Waals surface area contributed by atoms with E-state index in [4.69, 9.17) is 25.1 Å². The van der Waals surface area contributed by atoms with E-state index >= 15 is 0 Å². The number of carbonyl (C=O) groups is 2. The highest BCUT2D eigenvalue weighted by atomic mass is 19.4. The van der Waals surface area contributed by atoms with Crippen LogP contribution in [0.1, 0.15) is 64.1 Å². The average Bonchev–Trinajstić information content (AvgIpc) is 3.07. The predicted molar refractivity (Wildman–Crippen MR) is 189 cm³/mol. The summed E-state index contributed by atoms with van der Waals surface area (Å²) in [4.78, 5) is 29.6. The molecular formula is C37H44F3N5O5. The number of hydrogen-bond donors (Lipinski definition) is 4. The number of halogens is 3. The molecule has 50 heavy (non-hydrogen) atoms. The van der Waals surface area contributed by atoms with E-state index in [2.05, 4.69) is 45.6 Å². The summed E-state index contributed by atoms with van der Waals surface area (Å²) in [7, 11) is 0. The largest absolute Gasteiger partial charge is 0.490 e. The number of rotatable bonds is 11. The molecule has 5 rings (SSSR count). The number of aliphatic carboxylic acids is 1. The van der Waals surface area contributed by atoms with E-state index in [-0.39, 0.29) is 12.0 Å². The maximum Gasteiger partial charge on any atom is 0.490 e. The van der Waals surface area contributed by atoms with Crippen LogP contribution in [0.15, 0.2) is 72.9 Å². The molecule has 0 radical (unpaired) electrons. The lowest BCUT2D eigenvalue weighted by Gasteiger charge is -2.36. The molecule has 4 aromatic rings. The fraction of sp³-hybridized carbons (Fsp3) is 0.378. The summed E-state index contributed by atoms with van der Waals surface area (Å²) in [5.41, 5.74) is 9.94. The topological polar surface area (TPSA) is 139 Å². The monoisotopic (exact) mass is 695 g/mol. The molecule has 2 atom stereocenters. The Morgan fingerprint density at radius 3 is 2.48 bits per heavy atom. The van der Waals surface area contributed by atoms with Gasteiger partial charge in [-0.05, 0) is 106 Å². The van der Waals surface area contributed by atoms with Gasteiger partial charge in [0, 0.05) is 42.1 Å². The van der Waals surface area contributed by atoms with Crippen LogP contribution in [0.4, 0.5) is 30.4 Å². The number of hydrogen-bond acceptors (Lipinski definition) is 8. The van der Waals surface area contributed by atoms with Gasteiger partial charge < -0.3 is 35.8 Å². The third kappa shape index (κ3) is 9.93. The number of carboxylic acid groups (broad SMARTS) is 1. The molecule has 0 aliphatic carbocycles. The van der Waals surface area contributed by atoms with Crippen molar-refractivity contribution in [2.75, 3.05) is 29.1 Å². The Bertz CT molecular complexity index is 1770. The van der Waals surface area contributed by atoms with Crippen molar-refractivity contribution < 1.29 is 37.3 Å². The summed E-state index contributed by atoms with van der Waals surface area (Å²) in [5, 5.41) is 15.6. The predicted octanol–water partition coefficient (Wildman–Crippen LogP) is 7.48. The Morgan fingerprint density at radius 1 is 1.06 bits per heavy atom. The van der Waals surface area contributed by atoms with Crippen LogP contribution in [0.25, 0.3) is 10.8 Å². The average molecular weight is 696 g/mol. The van der Waals surface area contributed by atoms with Gasteiger partial charge in [-0.2, -0.15) is 13.2 Å². The number of nitrogens with two attached hydrogens (primary N) is 1. The number of ether oxygens (including phenoxy) is 2. The quantitative estimate of drug-likeness (QED) is 0.126. The van der Waals surface area contributed by atoms with E-state index in [0.29, 0.717) is 36.5 Å². The van der Waals surface area contributed by atoms with Gasteiger partial charge in [-0.15, -0.1) is 0 Å². The Labute approximate surface area is 289 Å². The Hall–Kier alpha value is -5.20. The molecule has 1 saturated heterocycles. The second-order valence-corrected chi connectivity index (χ2v) is 12.2. The van der Waals surface area contributed by atoms with Gasteiger partial charge in [0.1, 0.15) is 11.9 Å². The molecular weight excluding hydrogens is 651 g/mol. The minimum Gasteiger partial charge on any atom is -0.490 e. The Morgan fingerprint density at radius 2 is 1.80 bits per heavy atom. The molecule has 2 unspecified atom stereocenters. The fourth-order valence-corrected chi connectivity index (χ4v) is 5.76. The molecule has 0 saturated carbocycles. The van der Waals surface area contributed by atoms with Crippen LogP contribution in [0.5, 0.6) is 11.5 Å². The molecule has 2 heterocycles. The van der Waals surface area contributed by atoms with Crippen LogP contribution in [0, 0.1) is 0 Å². The molecule has 1 fully saturated rings. The number of alkyl halides is 3. The first-order valence-electron chi connectivity index (χ1n) is 16.5. The molecule has 13 heteroatoms. The van der Waals surface area contributed by atoms with Gasteiger partial charge >= 0.3 is 12.1 Å². The smallest absolute Gasteiger partial charge is 0.490 e. The molecule has 1 aliphatic rings. The van der Waals surface area contributed by atoms with E-state index in [0.717, 1.165) is 34.1 Å². The highest BCUT2D eigenvalue weighted by molar-refractivity contribution is 5.94. The van der Waals surface area contributed by atoms with Gasteiger partial charge in [-0.25, -0.2) is 9.78 Å². The van der Waals surface area contributed by atoms with Crippen LogP contribution in [-0.2, 0) is 16.1 Å². The van der Waals surface area contributed by atoms with Gasteiger partial charge in [0.2, 0.25) is 5.91 Å². The van der Waals surface area contributed by atoms with Gasteiger partial charge in [0.25, 0.3) is 0 Å². The zero-order valence-electron chi connectivity index (χ0n) is 28.6. The first-order valence-corrected chi connectivity index (χ1v) is 16.5. The first kappa shape index (κ1) is 37.6. The fourth-order valence-electron chi connectivity index (χ4n) is 5.76. The van der Waals surface area contributed by atoms with Crippen LogP contribution in [0.3, 0.4) is 0 Å². The Balaban J connectivity index is 0.000000727. The van der Waals surface area contributed by atoms with E-state index in [1.807, 2.05) is 69.3 Å². The second-order valence-electron chi connectivity index (χ2n) is 12.2. The number of nitrogens with one attached hydrogen (secondary N) is 2. The number of carbonyl (C=O) groups excluding carboxylic acids is 1. The molecule has 0 bridgehead atoms. The minimum atomic E-state index is -5.08. The number of nitrogen functional groups attached to an aromatic ring is 1. The number of carboxylic acids is 1. The summed E-state index contributed by atoms with van der Waals surface area (Å²) < 4.78 is 43.7. The molecule has 1 amide bonds. The van der Waals surface area contributed by atoms with E-state index in [1.165, 1.54) is 24.9 Å². The van der Waals surface area contributed by atoms with Crippen molar-refractivity contribution in [3.05, 3.63) is 84.1 Å². The normalized spacial score (nSPS) is 15.1. The minimum absolute atomic E-state index is 0.00973. The molecule has 3 aromatic carbocycles. The number of anilines is 3. The maximum atomic E-state index is 14.0. The van der Waals surface area contributed by atoms with Crippen molar-refractivity contribution in [2.45, 2.75) is 77.9 Å². The lowest BCUT2D eigenvalue weighted by molar-refractivity contribution is -0.192. The molecule has 1 aromatic heterocycles. The van der Waals surface area contributed by atoms with Crippen molar-refractivity contribution in [2.24, 2.45) is 0 Å². The number of aromatic nitrogens is 1. The Kier molecular flexibility index (Phi) is 12.8. The number of amides is 1. The zero-order chi connectivity index (χ0) is 36.4. The summed E-state index contributed by atoms with van der Waals surface area (Å²) in [6.07, 6.45) is 0.215. The van der Waals surface area contributed by atoms with Crippen molar-refractivity contribution >= 4 is 39.8 Å². The lowest BCUT2D eigenvalue weighted by Crippen LogP contribution is -2.39. The number of nitrogens with zero attached hydrogens (tertiary/aromatic N) is 2. The highest BCUT2D eigenvalue weighted by Gasteiger charge is 2.38. The SMILES string of the molecule is CCOc1cc(C(Nc2ccc3c(N)nccc3c2)C(=O)NCc2ccccc2N2CCCCC2C)ccc1OC(C)C.O=C(O)C(F)(F)F. The van der Waals surface area contributed by atoms with Gasteiger partial charge in [0.15, 0.2) is 11.5 Å². The molecule has 1 aliphatic heterocycles.